The van der Waals surface area contributed by atoms with E-state index in [0.717, 1.165) is 17.9 Å². The van der Waals surface area contributed by atoms with Crippen molar-refractivity contribution in [1.29, 1.82) is 0 Å². The van der Waals surface area contributed by atoms with E-state index in [4.69, 9.17) is 23.2 Å². The summed E-state index contributed by atoms with van der Waals surface area (Å²) in [5.74, 6) is 0. The molecule has 0 aromatic heterocycles. The van der Waals surface area contributed by atoms with Gasteiger partial charge in [-0.05, 0) is 37.5 Å². The van der Waals surface area contributed by atoms with E-state index in [0.29, 0.717) is 0 Å². The third-order valence-corrected chi connectivity index (χ3v) is 2.38. The number of hydrogen-bond donors (Lipinski definition) is 0. The topological polar surface area (TPSA) is 0 Å². The molecule has 14 heavy (non-hydrogen) atoms. The van der Waals surface area contributed by atoms with Crippen LogP contribution in [0.1, 0.15) is 25.3 Å². The Labute approximate surface area is 95.5 Å². The van der Waals surface area contributed by atoms with E-state index in [1.54, 1.807) is 0 Å². The van der Waals surface area contributed by atoms with Crippen LogP contribution in [0.15, 0.2) is 30.3 Å². The number of hydrogen-bond acceptors (Lipinski definition) is 0. The van der Waals surface area contributed by atoms with E-state index in [2.05, 4.69) is 12.2 Å². The lowest BCUT2D eigenvalue weighted by Gasteiger charge is -1.97. The average Bonchev–Trinajstić information content (AvgIpc) is 2.15. The molecule has 0 aliphatic carbocycles. The average molecular weight is 229 g/mol. The van der Waals surface area contributed by atoms with Gasteiger partial charge in [0.25, 0.3) is 0 Å². The van der Waals surface area contributed by atoms with E-state index in [9.17, 15) is 0 Å². The van der Waals surface area contributed by atoms with Crippen molar-refractivity contribution in [2.45, 2.75) is 25.1 Å². The molecular formula is C12H14Cl2. The van der Waals surface area contributed by atoms with Crippen molar-refractivity contribution in [3.8, 4) is 0 Å². The minimum Gasteiger partial charge on any atom is -0.123 e. The summed E-state index contributed by atoms with van der Waals surface area (Å²) in [4.78, 5) is 0. The van der Waals surface area contributed by atoms with Crippen LogP contribution >= 0.6 is 23.2 Å². The number of allylic oxidation sites excluding steroid dienone is 1. The molecule has 0 aliphatic heterocycles. The molecule has 0 saturated heterocycles. The van der Waals surface area contributed by atoms with E-state index in [1.807, 2.05) is 31.2 Å². The van der Waals surface area contributed by atoms with E-state index < -0.39 is 0 Å². The summed E-state index contributed by atoms with van der Waals surface area (Å²) >= 11 is 11.6. The first-order valence-corrected chi connectivity index (χ1v) is 5.56. The van der Waals surface area contributed by atoms with Gasteiger partial charge in [0, 0.05) is 10.4 Å². The number of halogens is 2. The molecule has 1 aromatic rings. The molecule has 1 atom stereocenters. The third kappa shape index (κ3) is 4.69. The molecule has 0 amide bonds. The van der Waals surface area contributed by atoms with Gasteiger partial charge < -0.3 is 0 Å². The Bertz CT molecular complexity index is 286. The Morgan fingerprint density at radius 2 is 1.93 bits per heavy atom. The maximum atomic E-state index is 5.83. The summed E-state index contributed by atoms with van der Waals surface area (Å²) in [6.45, 7) is 2.01. The molecule has 0 heterocycles. The molecule has 0 bridgehead atoms. The third-order valence-electron chi connectivity index (χ3n) is 1.91. The van der Waals surface area contributed by atoms with Crippen molar-refractivity contribution in [1.82, 2.24) is 0 Å². The number of benzene rings is 1. The van der Waals surface area contributed by atoms with Crippen LogP contribution in [0.4, 0.5) is 0 Å². The first-order chi connectivity index (χ1) is 6.68. The Morgan fingerprint density at radius 1 is 1.29 bits per heavy atom. The summed E-state index contributed by atoms with van der Waals surface area (Å²) in [6.07, 6.45) is 6.27. The Morgan fingerprint density at radius 3 is 2.50 bits per heavy atom. The molecule has 2 heteroatoms. The fourth-order valence-electron chi connectivity index (χ4n) is 1.12. The highest BCUT2D eigenvalue weighted by Gasteiger charge is 1.92. The highest BCUT2D eigenvalue weighted by atomic mass is 35.5. The predicted octanol–water partition coefficient (Wildman–Crippen LogP) is 4.76. The van der Waals surface area contributed by atoms with Crippen LogP contribution in [0.25, 0.3) is 6.08 Å². The molecular weight excluding hydrogens is 215 g/mol. The summed E-state index contributed by atoms with van der Waals surface area (Å²) < 4.78 is 0. The van der Waals surface area contributed by atoms with Crippen molar-refractivity contribution < 1.29 is 0 Å². The summed E-state index contributed by atoms with van der Waals surface area (Å²) in [7, 11) is 0. The van der Waals surface area contributed by atoms with Gasteiger partial charge in [0.05, 0.1) is 0 Å². The molecule has 1 rings (SSSR count). The standard InChI is InChI=1S/C12H14Cl2/c1-10(13)4-2-3-5-11-6-8-12(14)9-7-11/h3,5-10H,2,4H2,1H3. The minimum absolute atomic E-state index is 0.255. The highest BCUT2D eigenvalue weighted by molar-refractivity contribution is 6.30. The monoisotopic (exact) mass is 228 g/mol. The van der Waals surface area contributed by atoms with Gasteiger partial charge in [-0.2, -0.15) is 0 Å². The van der Waals surface area contributed by atoms with Gasteiger partial charge in [-0.25, -0.2) is 0 Å². The van der Waals surface area contributed by atoms with Gasteiger partial charge in [0.15, 0.2) is 0 Å². The lowest BCUT2D eigenvalue weighted by atomic mass is 10.2. The van der Waals surface area contributed by atoms with Crippen LogP contribution in [-0.2, 0) is 0 Å². The molecule has 76 valence electrons. The zero-order chi connectivity index (χ0) is 10.4. The van der Waals surface area contributed by atoms with Crippen molar-refractivity contribution in [3.63, 3.8) is 0 Å². The van der Waals surface area contributed by atoms with Crippen LogP contribution in [0.3, 0.4) is 0 Å². The summed E-state index contributed by atoms with van der Waals surface area (Å²) in [5, 5.41) is 1.03. The second-order valence-corrected chi connectivity index (χ2v) is 4.49. The molecule has 0 radical (unpaired) electrons. The van der Waals surface area contributed by atoms with Crippen molar-refractivity contribution in [2.75, 3.05) is 0 Å². The van der Waals surface area contributed by atoms with Crippen LogP contribution in [0.2, 0.25) is 5.02 Å². The lowest BCUT2D eigenvalue weighted by Crippen LogP contribution is -1.87. The maximum absolute atomic E-state index is 5.83. The molecule has 0 fully saturated rings. The molecule has 0 nitrogen and oxygen atoms in total. The highest BCUT2D eigenvalue weighted by Crippen LogP contribution is 2.11. The predicted molar refractivity (Wildman–Crippen MR) is 65.0 cm³/mol. The number of rotatable bonds is 4. The van der Waals surface area contributed by atoms with Crippen LogP contribution < -0.4 is 0 Å². The molecule has 0 saturated carbocycles. The lowest BCUT2D eigenvalue weighted by molar-refractivity contribution is 0.825. The fourth-order valence-corrected chi connectivity index (χ4v) is 1.37. The molecule has 0 aliphatic rings. The first-order valence-electron chi connectivity index (χ1n) is 4.74. The van der Waals surface area contributed by atoms with Crippen LogP contribution in [0.5, 0.6) is 0 Å². The smallest absolute Gasteiger partial charge is 0.0406 e. The van der Waals surface area contributed by atoms with Crippen LogP contribution in [0, 0.1) is 0 Å². The van der Waals surface area contributed by atoms with Gasteiger partial charge in [-0.15, -0.1) is 11.6 Å². The van der Waals surface area contributed by atoms with Gasteiger partial charge in [-0.3, -0.25) is 0 Å². The Kier molecular flexibility index (Phi) is 5.06. The van der Waals surface area contributed by atoms with Crippen molar-refractivity contribution in [3.05, 3.63) is 40.9 Å². The van der Waals surface area contributed by atoms with E-state index in [1.165, 1.54) is 5.56 Å². The van der Waals surface area contributed by atoms with Crippen LogP contribution in [-0.4, -0.2) is 5.38 Å². The largest absolute Gasteiger partial charge is 0.123 e. The molecule has 0 spiro atoms. The second kappa shape index (κ2) is 6.10. The second-order valence-electron chi connectivity index (χ2n) is 3.31. The molecule has 0 N–H and O–H groups in total. The van der Waals surface area contributed by atoms with Crippen molar-refractivity contribution in [2.24, 2.45) is 0 Å². The zero-order valence-corrected chi connectivity index (χ0v) is 9.72. The maximum Gasteiger partial charge on any atom is 0.0406 e. The van der Waals surface area contributed by atoms with E-state index >= 15 is 0 Å². The molecule has 1 aromatic carbocycles. The SMILES string of the molecule is CC(Cl)CCC=Cc1ccc(Cl)cc1. The molecule has 1 unspecified atom stereocenters. The normalized spacial score (nSPS) is 13.4. The summed E-state index contributed by atoms with van der Waals surface area (Å²) in [6, 6.07) is 7.79. The van der Waals surface area contributed by atoms with Crippen molar-refractivity contribution >= 4 is 29.3 Å². The Hall–Kier alpha value is -0.460. The Balaban J connectivity index is 2.40. The fraction of sp³-hybridized carbons (Fsp3) is 0.333. The zero-order valence-electron chi connectivity index (χ0n) is 8.21. The first kappa shape index (κ1) is 11.6. The summed E-state index contributed by atoms with van der Waals surface area (Å²) in [5.41, 5.74) is 1.18. The quantitative estimate of drug-likeness (QED) is 0.653. The minimum atomic E-state index is 0.255. The van der Waals surface area contributed by atoms with Gasteiger partial charge in [-0.1, -0.05) is 35.9 Å². The van der Waals surface area contributed by atoms with E-state index in [-0.39, 0.29) is 5.38 Å². The van der Waals surface area contributed by atoms with Gasteiger partial charge in [0.2, 0.25) is 0 Å². The number of alkyl halides is 1. The van der Waals surface area contributed by atoms with Gasteiger partial charge >= 0.3 is 0 Å². The van der Waals surface area contributed by atoms with Gasteiger partial charge in [0.1, 0.15) is 0 Å².